The van der Waals surface area contributed by atoms with Crippen molar-refractivity contribution in [2.45, 2.75) is 86.0 Å². The molecule has 0 amide bonds. The molecule has 182 valence electrons. The Morgan fingerprint density at radius 1 is 0.939 bits per heavy atom. The molecule has 1 saturated carbocycles. The van der Waals surface area contributed by atoms with Gasteiger partial charge in [-0.05, 0) is 62.5 Å². The average molecular weight is 455 g/mol. The van der Waals surface area contributed by atoms with E-state index in [0.29, 0.717) is 37.9 Å². The molecule has 1 fully saturated rings. The van der Waals surface area contributed by atoms with Gasteiger partial charge in [0.1, 0.15) is 11.4 Å². The topological polar surface area (TPSA) is 43.8 Å². The normalized spacial score (nSPS) is 18.8. The van der Waals surface area contributed by atoms with Crippen molar-refractivity contribution in [3.05, 3.63) is 53.9 Å². The molecule has 0 saturated heterocycles. The Kier molecular flexibility index (Phi) is 9.57. The molecular weight excluding hydrogens is 412 g/mol. The summed E-state index contributed by atoms with van der Waals surface area (Å²) < 4.78 is 11.8. The summed E-state index contributed by atoms with van der Waals surface area (Å²) in [7, 11) is 0. The van der Waals surface area contributed by atoms with Crippen LogP contribution in [0.3, 0.4) is 0 Å². The zero-order valence-electron chi connectivity index (χ0n) is 21.2. The molecule has 0 radical (unpaired) electrons. The van der Waals surface area contributed by atoms with Crippen LogP contribution in [0.1, 0.15) is 78.0 Å². The van der Waals surface area contributed by atoms with Gasteiger partial charge in [0.05, 0.1) is 25.9 Å². The zero-order chi connectivity index (χ0) is 23.7. The lowest BCUT2D eigenvalue weighted by Gasteiger charge is -2.42. The fourth-order valence-corrected chi connectivity index (χ4v) is 4.73. The first-order valence-electron chi connectivity index (χ1n) is 12.6. The van der Waals surface area contributed by atoms with Gasteiger partial charge in [-0.1, -0.05) is 57.5 Å². The predicted molar refractivity (Wildman–Crippen MR) is 134 cm³/mol. The Bertz CT molecular complexity index is 832. The second kappa shape index (κ2) is 12.4. The van der Waals surface area contributed by atoms with E-state index in [-0.39, 0.29) is 0 Å². The smallest absolute Gasteiger partial charge is 0.168 e. The van der Waals surface area contributed by atoms with Crippen LogP contribution in [0.5, 0.6) is 5.75 Å². The summed E-state index contributed by atoms with van der Waals surface area (Å²) in [5.41, 5.74) is 3.32. The molecule has 0 aliphatic heterocycles. The molecule has 0 spiro atoms. The summed E-state index contributed by atoms with van der Waals surface area (Å²) >= 11 is 0. The number of hydrogen-bond acceptors (Lipinski definition) is 5. The predicted octanol–water partition coefficient (Wildman–Crippen LogP) is 6.95. The van der Waals surface area contributed by atoms with Gasteiger partial charge in [0.15, 0.2) is 5.75 Å². The number of hydroxylamine groups is 1. The van der Waals surface area contributed by atoms with Crippen molar-refractivity contribution >= 4 is 5.69 Å². The molecule has 0 bridgehead atoms. The monoisotopic (exact) mass is 454 g/mol. The summed E-state index contributed by atoms with van der Waals surface area (Å²) in [6.45, 7) is 13.3. The van der Waals surface area contributed by atoms with E-state index in [4.69, 9.17) is 14.3 Å². The molecule has 1 aliphatic carbocycles. The second-order valence-corrected chi connectivity index (χ2v) is 9.61. The Balaban J connectivity index is 1.87. The molecule has 1 aliphatic rings. The van der Waals surface area contributed by atoms with E-state index in [9.17, 15) is 0 Å². The number of benzene rings is 1. The van der Waals surface area contributed by atoms with Crippen LogP contribution in [0.4, 0.5) is 5.69 Å². The molecule has 3 rings (SSSR count). The minimum absolute atomic E-state index is 0.305. The third kappa shape index (κ3) is 6.70. The maximum Gasteiger partial charge on any atom is 0.168 e. The second-order valence-electron chi connectivity index (χ2n) is 9.61. The Morgan fingerprint density at radius 3 is 2.30 bits per heavy atom. The molecule has 2 aromatic rings. The summed E-state index contributed by atoms with van der Waals surface area (Å²) in [6, 6.07) is 12.7. The van der Waals surface area contributed by atoms with Crippen molar-refractivity contribution in [1.29, 1.82) is 0 Å². The minimum Gasteiger partial charge on any atom is -0.490 e. The summed E-state index contributed by atoms with van der Waals surface area (Å²) in [4.78, 5) is 11.1. The maximum absolute atomic E-state index is 6.53. The Hall–Kier alpha value is -2.11. The zero-order valence-corrected chi connectivity index (χ0v) is 21.2. The highest BCUT2D eigenvalue weighted by atomic mass is 16.7. The fourth-order valence-electron chi connectivity index (χ4n) is 4.73. The van der Waals surface area contributed by atoms with Crippen LogP contribution in [0, 0.1) is 11.3 Å². The lowest BCUT2D eigenvalue weighted by molar-refractivity contribution is 0.0463. The fraction of sp³-hybridized carbons (Fsp3) is 0.607. The van der Waals surface area contributed by atoms with Crippen LogP contribution < -0.4 is 9.80 Å². The van der Waals surface area contributed by atoms with E-state index < -0.39 is 0 Å². The van der Waals surface area contributed by atoms with Crippen LogP contribution in [-0.4, -0.2) is 24.2 Å². The number of rotatable bonds is 12. The van der Waals surface area contributed by atoms with Gasteiger partial charge in [-0.3, -0.25) is 9.82 Å². The first-order valence-corrected chi connectivity index (χ1v) is 12.6. The van der Waals surface area contributed by atoms with E-state index in [1.54, 1.807) is 0 Å². The molecule has 0 atom stereocenters. The molecule has 0 unspecified atom stereocenters. The molecule has 1 heterocycles. The largest absolute Gasteiger partial charge is 0.490 e. The average Bonchev–Trinajstić information content (AvgIpc) is 2.85. The van der Waals surface area contributed by atoms with Crippen LogP contribution in [-0.2, 0) is 22.8 Å². The number of aromatic nitrogens is 1. The summed E-state index contributed by atoms with van der Waals surface area (Å²) in [5, 5.41) is 2.12. The van der Waals surface area contributed by atoms with Crippen molar-refractivity contribution < 1.29 is 14.3 Å². The maximum atomic E-state index is 6.53. The molecule has 5 heteroatoms. The van der Waals surface area contributed by atoms with Crippen molar-refractivity contribution in [3.8, 4) is 5.75 Å². The van der Waals surface area contributed by atoms with E-state index in [1.807, 2.05) is 32.2 Å². The van der Waals surface area contributed by atoms with Crippen molar-refractivity contribution in [3.63, 3.8) is 0 Å². The van der Waals surface area contributed by atoms with Gasteiger partial charge >= 0.3 is 0 Å². The van der Waals surface area contributed by atoms with Crippen LogP contribution >= 0.6 is 0 Å². The molecule has 1 aromatic heterocycles. The van der Waals surface area contributed by atoms with Crippen LogP contribution in [0.2, 0.25) is 0 Å². The first kappa shape index (κ1) is 25.5. The number of hydrogen-bond donors (Lipinski definition) is 0. The number of pyridine rings is 1. The third-order valence-electron chi connectivity index (χ3n) is 7.18. The third-order valence-corrected chi connectivity index (χ3v) is 7.18. The van der Waals surface area contributed by atoms with E-state index in [2.05, 4.69) is 55.1 Å². The van der Waals surface area contributed by atoms with Crippen molar-refractivity contribution in [2.24, 2.45) is 11.3 Å². The minimum atomic E-state index is 0.305. The van der Waals surface area contributed by atoms with Gasteiger partial charge in [0.2, 0.25) is 0 Å². The van der Waals surface area contributed by atoms with Gasteiger partial charge in [-0.2, -0.15) is 0 Å². The number of ether oxygens (including phenoxy) is 2. The van der Waals surface area contributed by atoms with Gasteiger partial charge < -0.3 is 9.47 Å². The van der Waals surface area contributed by atoms with Gasteiger partial charge in [0, 0.05) is 12.8 Å². The highest BCUT2D eigenvalue weighted by Crippen LogP contribution is 2.43. The summed E-state index contributed by atoms with van der Waals surface area (Å²) in [6.07, 6.45) is 7.72. The highest BCUT2D eigenvalue weighted by molar-refractivity contribution is 5.59. The molecular formula is C28H42N2O3. The van der Waals surface area contributed by atoms with E-state index in [1.165, 1.54) is 19.3 Å². The quantitative estimate of drug-likeness (QED) is 0.325. The highest BCUT2D eigenvalue weighted by Gasteiger charge is 2.35. The van der Waals surface area contributed by atoms with Crippen molar-refractivity contribution in [1.82, 2.24) is 4.98 Å². The molecule has 1 aromatic carbocycles. The van der Waals surface area contributed by atoms with Crippen molar-refractivity contribution in [2.75, 3.05) is 18.3 Å². The van der Waals surface area contributed by atoms with E-state index in [0.717, 1.165) is 41.5 Å². The SMILES string of the molecule is CCOCc1nccc(N(OCc2ccccc2)[C@H]2CC[C@@H](C(C)(C)CC)CC2)c1OCC. The lowest BCUT2D eigenvalue weighted by Crippen LogP contribution is -2.40. The van der Waals surface area contributed by atoms with Gasteiger partial charge in [-0.15, -0.1) is 0 Å². The Labute approximate surface area is 200 Å². The summed E-state index contributed by atoms with van der Waals surface area (Å²) in [5.74, 6) is 1.53. The van der Waals surface area contributed by atoms with Gasteiger partial charge in [0.25, 0.3) is 0 Å². The van der Waals surface area contributed by atoms with Crippen LogP contribution in [0.15, 0.2) is 42.6 Å². The molecule has 5 nitrogen and oxygen atoms in total. The molecule has 33 heavy (non-hydrogen) atoms. The molecule has 0 N–H and O–H groups in total. The van der Waals surface area contributed by atoms with E-state index >= 15 is 0 Å². The Morgan fingerprint density at radius 2 is 1.67 bits per heavy atom. The van der Waals surface area contributed by atoms with Gasteiger partial charge in [-0.25, -0.2) is 5.06 Å². The number of anilines is 1. The lowest BCUT2D eigenvalue weighted by atomic mass is 9.69. The number of nitrogens with zero attached hydrogens (tertiary/aromatic N) is 2. The first-order chi connectivity index (χ1) is 16.0. The standard InChI is InChI=1S/C28H42N2O3/c1-6-28(4,5)23-14-16-24(17-15-23)30(33-20-22-12-10-9-11-13-22)26-18-19-29-25(21-31-7-2)27(26)32-8-3/h9-13,18-19,23-24H,6-8,14-17,20-21H2,1-5H3/t23-,24+. The van der Waals surface area contributed by atoms with Crippen LogP contribution in [0.25, 0.3) is 0 Å².